The Balaban J connectivity index is 1.22. The molecule has 0 bridgehead atoms. The number of carbonyl (C=O) groups is 1. The van der Waals surface area contributed by atoms with E-state index in [9.17, 15) is 15.0 Å². The first-order valence-corrected chi connectivity index (χ1v) is 12.8. The summed E-state index contributed by atoms with van der Waals surface area (Å²) in [7, 11) is 0. The van der Waals surface area contributed by atoms with Crippen LogP contribution in [0.25, 0.3) is 0 Å². The largest absolute Gasteiger partial charge is 0.491 e. The first-order chi connectivity index (χ1) is 16.8. The van der Waals surface area contributed by atoms with Crippen LogP contribution in [0.4, 0.5) is 0 Å². The van der Waals surface area contributed by atoms with Crippen molar-refractivity contribution in [2.24, 2.45) is 0 Å². The first kappa shape index (κ1) is 24.3. The second-order valence-corrected chi connectivity index (χ2v) is 10.7. The number of β-amino-alcohol motifs (C(OH)–C–C–N with tert-alkyl or cyclic N) is 2. The van der Waals surface area contributed by atoms with Crippen molar-refractivity contribution in [2.45, 2.75) is 51.0 Å². The lowest BCUT2D eigenvalue weighted by atomic mass is 10.00. The summed E-state index contributed by atoms with van der Waals surface area (Å²) in [6.07, 6.45) is 1.13. The van der Waals surface area contributed by atoms with E-state index in [1.165, 1.54) is 11.1 Å². The molecule has 3 aliphatic heterocycles. The van der Waals surface area contributed by atoms with Gasteiger partial charge in [-0.1, -0.05) is 30.3 Å². The van der Waals surface area contributed by atoms with E-state index < -0.39 is 11.7 Å². The molecule has 2 aromatic rings. The second kappa shape index (κ2) is 9.90. The third kappa shape index (κ3) is 5.38. The van der Waals surface area contributed by atoms with E-state index in [1.54, 1.807) is 4.90 Å². The van der Waals surface area contributed by atoms with Gasteiger partial charge in [0.25, 0.3) is 5.91 Å². The Morgan fingerprint density at radius 2 is 1.89 bits per heavy atom. The minimum atomic E-state index is -0.647. The number of amides is 1. The summed E-state index contributed by atoms with van der Waals surface area (Å²) in [4.78, 5) is 19.6. The van der Waals surface area contributed by atoms with Crippen LogP contribution in [0.1, 0.15) is 53.4 Å². The second-order valence-electron chi connectivity index (χ2n) is 10.7. The molecule has 0 aliphatic carbocycles. The molecule has 1 amide bonds. The molecule has 188 valence electrons. The molecule has 0 spiro atoms. The molecular weight excluding hydrogens is 442 g/mol. The predicted octanol–water partition coefficient (Wildman–Crippen LogP) is 2.46. The van der Waals surface area contributed by atoms with E-state index in [0.29, 0.717) is 44.1 Å². The average Bonchev–Trinajstić information content (AvgIpc) is 3.14. The Kier molecular flexibility index (Phi) is 6.86. The van der Waals surface area contributed by atoms with Crippen LogP contribution >= 0.6 is 0 Å². The van der Waals surface area contributed by atoms with E-state index in [2.05, 4.69) is 41.0 Å². The number of carbonyl (C=O) groups excluding carboxylic acids is 1. The number of likely N-dealkylation sites (tertiary alicyclic amines) is 1. The van der Waals surface area contributed by atoms with Crippen LogP contribution in [-0.4, -0.2) is 88.4 Å². The minimum Gasteiger partial charge on any atom is -0.491 e. The lowest BCUT2D eigenvalue weighted by Gasteiger charge is -2.32. The quantitative estimate of drug-likeness (QED) is 0.663. The topological polar surface area (TPSA) is 76.5 Å². The van der Waals surface area contributed by atoms with Crippen LogP contribution in [0, 0.1) is 0 Å². The third-order valence-corrected chi connectivity index (χ3v) is 7.76. The lowest BCUT2D eigenvalue weighted by Crippen LogP contribution is -2.44. The van der Waals surface area contributed by atoms with E-state index in [0.717, 1.165) is 38.0 Å². The van der Waals surface area contributed by atoms with Crippen LogP contribution in [0.3, 0.4) is 0 Å². The third-order valence-electron chi connectivity index (χ3n) is 7.76. The molecule has 0 aromatic heterocycles. The van der Waals surface area contributed by atoms with Gasteiger partial charge in [-0.05, 0) is 55.5 Å². The lowest BCUT2D eigenvalue weighted by molar-refractivity contribution is 0.0501. The van der Waals surface area contributed by atoms with Crippen molar-refractivity contribution in [1.82, 2.24) is 14.7 Å². The van der Waals surface area contributed by atoms with Crippen LogP contribution in [0.15, 0.2) is 42.5 Å². The number of hydrogen-bond acceptors (Lipinski definition) is 6. The SMILES string of the molecule is CC(c1ccc2c(c1)OCCN(C[C@H](O)CN1CCc3ccccc3C1)C2=O)N1CCC(C)(O)C1. The number of ether oxygens (including phenoxy) is 1. The van der Waals surface area contributed by atoms with Crippen LogP contribution in [-0.2, 0) is 13.0 Å². The normalized spacial score (nSPS) is 24.9. The smallest absolute Gasteiger partial charge is 0.257 e. The zero-order valence-corrected chi connectivity index (χ0v) is 20.8. The summed E-state index contributed by atoms with van der Waals surface area (Å²) < 4.78 is 5.99. The Hall–Kier alpha value is -2.45. The molecule has 5 rings (SSSR count). The maximum Gasteiger partial charge on any atom is 0.257 e. The van der Waals surface area contributed by atoms with Gasteiger partial charge in [0.15, 0.2) is 0 Å². The highest BCUT2D eigenvalue weighted by Crippen LogP contribution is 2.33. The highest BCUT2D eigenvalue weighted by atomic mass is 16.5. The fourth-order valence-electron chi connectivity index (χ4n) is 5.65. The fourth-order valence-corrected chi connectivity index (χ4v) is 5.65. The molecule has 2 unspecified atom stereocenters. The predicted molar refractivity (Wildman–Crippen MR) is 134 cm³/mol. The van der Waals surface area contributed by atoms with Crippen molar-refractivity contribution in [3.63, 3.8) is 0 Å². The van der Waals surface area contributed by atoms with E-state index in [4.69, 9.17) is 4.74 Å². The van der Waals surface area contributed by atoms with Gasteiger partial charge >= 0.3 is 0 Å². The van der Waals surface area contributed by atoms with Crippen molar-refractivity contribution < 1.29 is 19.7 Å². The molecule has 35 heavy (non-hydrogen) atoms. The summed E-state index contributed by atoms with van der Waals surface area (Å²) in [5, 5.41) is 21.2. The maximum atomic E-state index is 13.3. The number of fused-ring (bicyclic) bond motifs is 2. The standard InChI is InChI=1S/C28H37N3O4/c1-20(31-12-10-28(2,34)19-31)22-7-8-25-26(15-22)35-14-13-30(27(25)33)18-24(32)17-29-11-9-21-5-3-4-6-23(21)16-29/h3-8,15,20,24,32,34H,9-14,16-19H2,1-2H3/t20?,24-,28?/m1/s1. The molecule has 3 atom stereocenters. The molecule has 1 fully saturated rings. The zero-order chi connectivity index (χ0) is 24.6. The average molecular weight is 480 g/mol. The van der Waals surface area contributed by atoms with Crippen molar-refractivity contribution in [1.29, 1.82) is 0 Å². The fraction of sp³-hybridized carbons (Fsp3) is 0.536. The maximum absolute atomic E-state index is 13.3. The van der Waals surface area contributed by atoms with Gasteiger partial charge < -0.3 is 19.8 Å². The highest BCUT2D eigenvalue weighted by Gasteiger charge is 2.34. The molecule has 2 aromatic carbocycles. The Morgan fingerprint density at radius 3 is 2.66 bits per heavy atom. The van der Waals surface area contributed by atoms with Crippen LogP contribution in [0.2, 0.25) is 0 Å². The molecule has 1 saturated heterocycles. The van der Waals surface area contributed by atoms with Crippen LogP contribution in [0.5, 0.6) is 5.75 Å². The number of aliphatic hydroxyl groups is 2. The number of nitrogens with zero attached hydrogens (tertiary/aromatic N) is 3. The molecule has 0 radical (unpaired) electrons. The first-order valence-electron chi connectivity index (χ1n) is 12.8. The van der Waals surface area contributed by atoms with Gasteiger partial charge in [-0.25, -0.2) is 0 Å². The monoisotopic (exact) mass is 479 g/mol. The van der Waals surface area contributed by atoms with Gasteiger partial charge in [0, 0.05) is 45.3 Å². The molecule has 2 N–H and O–H groups in total. The summed E-state index contributed by atoms with van der Waals surface area (Å²) in [6, 6.07) is 14.4. The van der Waals surface area contributed by atoms with E-state index in [1.807, 2.05) is 25.1 Å². The van der Waals surface area contributed by atoms with E-state index >= 15 is 0 Å². The number of aliphatic hydroxyl groups excluding tert-OH is 1. The number of hydrogen-bond donors (Lipinski definition) is 2. The summed E-state index contributed by atoms with van der Waals surface area (Å²) in [5.74, 6) is 0.513. The van der Waals surface area contributed by atoms with Gasteiger partial charge in [-0.15, -0.1) is 0 Å². The Labute approximate surface area is 207 Å². The zero-order valence-electron chi connectivity index (χ0n) is 20.8. The molecule has 3 aliphatic rings. The molecule has 3 heterocycles. The van der Waals surface area contributed by atoms with Crippen LogP contribution < -0.4 is 4.74 Å². The van der Waals surface area contributed by atoms with Gasteiger partial charge in [0.2, 0.25) is 0 Å². The molecule has 0 saturated carbocycles. The van der Waals surface area contributed by atoms with Crippen molar-refractivity contribution in [3.05, 3.63) is 64.7 Å². The van der Waals surface area contributed by atoms with Gasteiger partial charge in [-0.2, -0.15) is 0 Å². The van der Waals surface area contributed by atoms with Crippen molar-refractivity contribution in [2.75, 3.05) is 45.9 Å². The number of benzene rings is 2. The molecular formula is C28H37N3O4. The highest BCUT2D eigenvalue weighted by molar-refractivity contribution is 5.97. The van der Waals surface area contributed by atoms with Gasteiger partial charge in [-0.3, -0.25) is 14.6 Å². The number of rotatable bonds is 6. The summed E-state index contributed by atoms with van der Waals surface area (Å²) >= 11 is 0. The molecule has 7 heteroatoms. The van der Waals surface area contributed by atoms with E-state index in [-0.39, 0.29) is 11.9 Å². The summed E-state index contributed by atoms with van der Waals surface area (Å²) in [5.41, 5.74) is 3.69. The minimum absolute atomic E-state index is 0.0937. The van der Waals surface area contributed by atoms with Gasteiger partial charge in [0.1, 0.15) is 12.4 Å². The van der Waals surface area contributed by atoms with Crippen molar-refractivity contribution in [3.8, 4) is 5.75 Å². The van der Waals surface area contributed by atoms with Gasteiger partial charge in [0.05, 0.1) is 23.8 Å². The Morgan fingerprint density at radius 1 is 1.09 bits per heavy atom. The summed E-state index contributed by atoms with van der Waals surface area (Å²) in [6.45, 7) is 8.93. The van der Waals surface area contributed by atoms with Crippen molar-refractivity contribution >= 4 is 5.91 Å². The Bertz CT molecular complexity index is 1070. The molecule has 7 nitrogen and oxygen atoms in total.